The molecule has 0 amide bonds. The van der Waals surface area contributed by atoms with Crippen molar-refractivity contribution in [2.45, 2.75) is 6.92 Å². The number of imidazole rings is 1. The Bertz CT molecular complexity index is 780. The van der Waals surface area contributed by atoms with Gasteiger partial charge in [-0.1, -0.05) is 17.7 Å². The number of anilines is 1. The average Bonchev–Trinajstić information content (AvgIpc) is 2.68. The molecule has 0 aliphatic heterocycles. The van der Waals surface area contributed by atoms with E-state index in [0.717, 1.165) is 27.0 Å². The van der Waals surface area contributed by atoms with Crippen LogP contribution in [0.1, 0.15) is 5.82 Å². The van der Waals surface area contributed by atoms with Gasteiger partial charge < -0.3 is 5.73 Å². The Kier molecular flexibility index (Phi) is 2.99. The minimum absolute atomic E-state index is 0.675. The van der Waals surface area contributed by atoms with E-state index < -0.39 is 0 Å². The minimum atomic E-state index is 0.675. The number of rotatable bonds is 1. The van der Waals surface area contributed by atoms with Crippen LogP contribution in [0.2, 0.25) is 5.02 Å². The Morgan fingerprint density at radius 2 is 2.05 bits per heavy atom. The second kappa shape index (κ2) is 4.54. The lowest BCUT2D eigenvalue weighted by Gasteiger charge is -2.10. The lowest BCUT2D eigenvalue weighted by Crippen LogP contribution is -1.98. The second-order valence-electron chi connectivity index (χ2n) is 4.32. The van der Waals surface area contributed by atoms with Gasteiger partial charge in [-0.2, -0.15) is 0 Å². The van der Waals surface area contributed by atoms with Crippen LogP contribution in [0.3, 0.4) is 0 Å². The van der Waals surface area contributed by atoms with Crippen molar-refractivity contribution in [3.05, 3.63) is 51.7 Å². The van der Waals surface area contributed by atoms with E-state index in [1.807, 2.05) is 43.3 Å². The summed E-state index contributed by atoms with van der Waals surface area (Å²) in [5.74, 6) is 0.892. The average molecular weight is 337 g/mol. The Balaban J connectivity index is 2.36. The number of halogens is 2. The van der Waals surface area contributed by atoms with Gasteiger partial charge in [-0.15, -0.1) is 0 Å². The molecule has 3 nitrogen and oxygen atoms in total. The van der Waals surface area contributed by atoms with E-state index >= 15 is 0 Å². The quantitative estimate of drug-likeness (QED) is 0.672. The van der Waals surface area contributed by atoms with E-state index in [1.165, 1.54) is 0 Å². The largest absolute Gasteiger partial charge is 0.399 e. The molecule has 0 unspecified atom stereocenters. The Morgan fingerprint density at radius 3 is 2.84 bits per heavy atom. The molecule has 5 heteroatoms. The van der Waals surface area contributed by atoms with Gasteiger partial charge in [0.05, 0.1) is 26.2 Å². The maximum Gasteiger partial charge on any atom is 0.111 e. The third-order valence-corrected chi connectivity index (χ3v) is 4.40. The fraction of sp³-hybridized carbons (Fsp3) is 0.0714. The molecule has 0 atom stereocenters. The van der Waals surface area contributed by atoms with Crippen LogP contribution in [0.15, 0.2) is 40.9 Å². The Labute approximate surface area is 124 Å². The maximum absolute atomic E-state index is 6.16. The molecule has 0 fully saturated rings. The normalized spacial score (nSPS) is 11.1. The molecule has 3 aromatic rings. The molecule has 1 aromatic heterocycles. The Hall–Kier alpha value is -1.52. The fourth-order valence-corrected chi connectivity index (χ4v) is 2.80. The number of benzene rings is 2. The topological polar surface area (TPSA) is 43.8 Å². The predicted octanol–water partition coefficient (Wildman–Crippen LogP) is 4.33. The molecule has 0 radical (unpaired) electrons. The molecule has 1 heterocycles. The van der Waals surface area contributed by atoms with E-state index in [-0.39, 0.29) is 0 Å². The first kappa shape index (κ1) is 12.5. The summed E-state index contributed by atoms with van der Waals surface area (Å²) in [6, 6.07) is 11.5. The summed E-state index contributed by atoms with van der Waals surface area (Å²) in [6.07, 6.45) is 0. The number of aryl methyl sites for hydroxylation is 1. The van der Waals surface area contributed by atoms with Gasteiger partial charge in [0.15, 0.2) is 0 Å². The van der Waals surface area contributed by atoms with E-state index in [4.69, 9.17) is 17.3 Å². The third-order valence-electron chi connectivity index (χ3n) is 3.02. The molecule has 0 saturated carbocycles. The highest BCUT2D eigenvalue weighted by Crippen LogP contribution is 2.32. The summed E-state index contributed by atoms with van der Waals surface area (Å²) in [4.78, 5) is 4.54. The van der Waals surface area contributed by atoms with E-state index in [9.17, 15) is 0 Å². The molecule has 96 valence electrons. The zero-order valence-corrected chi connectivity index (χ0v) is 12.5. The summed E-state index contributed by atoms with van der Waals surface area (Å²) in [5, 5.41) is 0.675. The molecule has 19 heavy (non-hydrogen) atoms. The minimum Gasteiger partial charge on any atom is -0.399 e. The van der Waals surface area contributed by atoms with Crippen molar-refractivity contribution in [1.82, 2.24) is 9.55 Å². The highest BCUT2D eigenvalue weighted by Gasteiger charge is 2.13. The van der Waals surface area contributed by atoms with Crippen LogP contribution in [0, 0.1) is 6.92 Å². The maximum atomic E-state index is 6.16. The van der Waals surface area contributed by atoms with Gasteiger partial charge >= 0.3 is 0 Å². The standard InChI is InChI=1S/C14H11BrClN3/c1-8-18-11-7-9(17)5-6-12(11)19(8)13-4-2-3-10(16)14(13)15/h2-7H,17H2,1H3. The van der Waals surface area contributed by atoms with Crippen LogP contribution in [0.5, 0.6) is 0 Å². The van der Waals surface area contributed by atoms with Crippen molar-refractivity contribution in [2.24, 2.45) is 0 Å². The highest BCUT2D eigenvalue weighted by molar-refractivity contribution is 9.10. The van der Waals surface area contributed by atoms with Gasteiger partial charge in [0, 0.05) is 5.69 Å². The predicted molar refractivity (Wildman–Crippen MR) is 82.9 cm³/mol. The van der Waals surface area contributed by atoms with E-state index in [0.29, 0.717) is 10.7 Å². The number of nitrogens with zero attached hydrogens (tertiary/aromatic N) is 2. The van der Waals surface area contributed by atoms with Crippen molar-refractivity contribution < 1.29 is 0 Å². The third kappa shape index (κ3) is 2.01. The second-order valence-corrected chi connectivity index (χ2v) is 5.52. The van der Waals surface area contributed by atoms with Gasteiger partial charge in [-0.05, 0) is 53.2 Å². The monoisotopic (exact) mass is 335 g/mol. The van der Waals surface area contributed by atoms with Gasteiger partial charge in [-0.3, -0.25) is 4.57 Å². The zero-order valence-electron chi connectivity index (χ0n) is 10.2. The van der Waals surface area contributed by atoms with Gasteiger partial charge in [0.25, 0.3) is 0 Å². The lowest BCUT2D eigenvalue weighted by atomic mass is 10.2. The van der Waals surface area contributed by atoms with Crippen LogP contribution >= 0.6 is 27.5 Å². The molecule has 0 spiro atoms. The zero-order chi connectivity index (χ0) is 13.6. The first-order valence-corrected chi connectivity index (χ1v) is 6.94. The Morgan fingerprint density at radius 1 is 1.26 bits per heavy atom. The number of nitrogens with two attached hydrogens (primary N) is 1. The van der Waals surface area contributed by atoms with Crippen molar-refractivity contribution in [3.8, 4) is 5.69 Å². The SMILES string of the molecule is Cc1nc2cc(N)ccc2n1-c1cccc(Cl)c1Br. The molecular weight excluding hydrogens is 326 g/mol. The molecular formula is C14H11BrClN3. The molecule has 0 saturated heterocycles. The van der Waals surface area contributed by atoms with Gasteiger partial charge in [0.1, 0.15) is 5.82 Å². The van der Waals surface area contributed by atoms with E-state index in [1.54, 1.807) is 0 Å². The molecule has 3 rings (SSSR count). The summed E-state index contributed by atoms with van der Waals surface area (Å²) < 4.78 is 2.92. The molecule has 0 bridgehead atoms. The van der Waals surface area contributed by atoms with Crippen molar-refractivity contribution in [1.29, 1.82) is 0 Å². The smallest absolute Gasteiger partial charge is 0.111 e. The van der Waals surface area contributed by atoms with E-state index in [2.05, 4.69) is 25.5 Å². The lowest BCUT2D eigenvalue weighted by molar-refractivity contribution is 0.996. The first-order chi connectivity index (χ1) is 9.08. The van der Waals surface area contributed by atoms with Crippen molar-refractivity contribution in [2.75, 3.05) is 5.73 Å². The first-order valence-electron chi connectivity index (χ1n) is 5.77. The van der Waals surface area contributed by atoms with Crippen LogP contribution < -0.4 is 5.73 Å². The number of hydrogen-bond donors (Lipinski definition) is 1. The molecule has 2 aromatic carbocycles. The number of hydrogen-bond acceptors (Lipinski definition) is 2. The van der Waals surface area contributed by atoms with Crippen LogP contribution in [-0.4, -0.2) is 9.55 Å². The molecule has 2 N–H and O–H groups in total. The number of aromatic nitrogens is 2. The van der Waals surface area contributed by atoms with Crippen LogP contribution in [0.4, 0.5) is 5.69 Å². The van der Waals surface area contributed by atoms with Crippen LogP contribution in [-0.2, 0) is 0 Å². The summed E-state index contributed by atoms with van der Waals surface area (Å²) in [5.41, 5.74) is 9.36. The molecule has 0 aliphatic carbocycles. The molecule has 0 aliphatic rings. The van der Waals surface area contributed by atoms with Crippen molar-refractivity contribution in [3.63, 3.8) is 0 Å². The van der Waals surface area contributed by atoms with Gasteiger partial charge in [0.2, 0.25) is 0 Å². The summed E-state index contributed by atoms with van der Waals surface area (Å²) in [7, 11) is 0. The summed E-state index contributed by atoms with van der Waals surface area (Å²) >= 11 is 9.69. The number of nitrogen functional groups attached to an aromatic ring is 1. The fourth-order valence-electron chi connectivity index (χ4n) is 2.19. The van der Waals surface area contributed by atoms with Crippen LogP contribution in [0.25, 0.3) is 16.7 Å². The summed E-state index contributed by atoms with van der Waals surface area (Å²) in [6.45, 7) is 1.96. The number of fused-ring (bicyclic) bond motifs is 1. The highest BCUT2D eigenvalue weighted by atomic mass is 79.9. The van der Waals surface area contributed by atoms with Crippen molar-refractivity contribution >= 4 is 44.3 Å². The van der Waals surface area contributed by atoms with Gasteiger partial charge in [-0.25, -0.2) is 4.98 Å².